The van der Waals surface area contributed by atoms with E-state index in [0.717, 1.165) is 15.6 Å². The number of aryl methyl sites for hydroxylation is 1. The largest absolute Gasteiger partial charge is 0.493 e. The molecule has 0 saturated heterocycles. The van der Waals surface area contributed by atoms with Crippen molar-refractivity contribution in [2.24, 2.45) is 13.0 Å². The minimum Gasteiger partial charge on any atom is -0.493 e. The van der Waals surface area contributed by atoms with Crippen molar-refractivity contribution in [1.29, 1.82) is 0 Å². The molecule has 0 aliphatic heterocycles. The SMILES string of the molecule is COc1cc(/C=C/C(=O)Nc2ccc(Sc3nncn3C)cc2)ccc1OCC(C)C. The number of hydrogen-bond donors (Lipinski definition) is 1. The van der Waals surface area contributed by atoms with Gasteiger partial charge in [-0.2, -0.15) is 0 Å². The van der Waals surface area contributed by atoms with E-state index in [4.69, 9.17) is 9.47 Å². The van der Waals surface area contributed by atoms with E-state index in [1.807, 2.05) is 54.1 Å². The molecule has 1 aromatic heterocycles. The molecule has 0 unspecified atom stereocenters. The molecule has 7 nitrogen and oxygen atoms in total. The maximum absolute atomic E-state index is 12.3. The van der Waals surface area contributed by atoms with Crippen LogP contribution in [0.1, 0.15) is 19.4 Å². The maximum atomic E-state index is 12.3. The van der Waals surface area contributed by atoms with Crippen molar-refractivity contribution >= 4 is 29.4 Å². The van der Waals surface area contributed by atoms with Gasteiger partial charge in [0.05, 0.1) is 13.7 Å². The lowest BCUT2D eigenvalue weighted by Gasteiger charge is -2.12. The summed E-state index contributed by atoms with van der Waals surface area (Å²) in [5.74, 6) is 1.54. The number of rotatable bonds is 9. The van der Waals surface area contributed by atoms with Gasteiger partial charge in [0.1, 0.15) is 6.33 Å². The summed E-state index contributed by atoms with van der Waals surface area (Å²) in [6, 6.07) is 13.2. The molecule has 3 rings (SSSR count). The lowest BCUT2D eigenvalue weighted by molar-refractivity contribution is -0.111. The van der Waals surface area contributed by atoms with E-state index in [0.29, 0.717) is 29.7 Å². The molecule has 31 heavy (non-hydrogen) atoms. The first-order valence-electron chi connectivity index (χ1n) is 9.86. The van der Waals surface area contributed by atoms with Gasteiger partial charge in [0.25, 0.3) is 0 Å². The van der Waals surface area contributed by atoms with E-state index < -0.39 is 0 Å². The van der Waals surface area contributed by atoms with Gasteiger partial charge >= 0.3 is 0 Å². The maximum Gasteiger partial charge on any atom is 0.248 e. The average Bonchev–Trinajstić information content (AvgIpc) is 3.16. The van der Waals surface area contributed by atoms with Gasteiger partial charge < -0.3 is 19.4 Å². The Morgan fingerprint density at radius 2 is 1.97 bits per heavy atom. The van der Waals surface area contributed by atoms with E-state index in [9.17, 15) is 4.79 Å². The summed E-state index contributed by atoms with van der Waals surface area (Å²) in [4.78, 5) is 13.3. The molecule has 1 heterocycles. The number of benzene rings is 2. The van der Waals surface area contributed by atoms with Gasteiger partial charge in [-0.1, -0.05) is 19.9 Å². The Morgan fingerprint density at radius 3 is 2.61 bits per heavy atom. The van der Waals surface area contributed by atoms with Gasteiger partial charge in [-0.05, 0) is 65.7 Å². The second-order valence-corrected chi connectivity index (χ2v) is 8.33. The van der Waals surface area contributed by atoms with Crippen molar-refractivity contribution in [3.63, 3.8) is 0 Å². The molecule has 0 radical (unpaired) electrons. The van der Waals surface area contributed by atoms with Crippen LogP contribution in [0.25, 0.3) is 6.08 Å². The highest BCUT2D eigenvalue weighted by atomic mass is 32.2. The summed E-state index contributed by atoms with van der Waals surface area (Å²) in [6.07, 6.45) is 4.89. The third-order valence-electron chi connectivity index (χ3n) is 4.19. The zero-order valence-corrected chi connectivity index (χ0v) is 18.8. The van der Waals surface area contributed by atoms with Crippen LogP contribution >= 0.6 is 11.8 Å². The molecule has 162 valence electrons. The number of anilines is 1. The second kappa shape index (κ2) is 10.7. The molecule has 0 spiro atoms. The van der Waals surface area contributed by atoms with Gasteiger partial charge in [0.2, 0.25) is 5.91 Å². The number of carbonyl (C=O) groups is 1. The summed E-state index contributed by atoms with van der Waals surface area (Å²) in [7, 11) is 3.50. The minimum atomic E-state index is -0.215. The smallest absolute Gasteiger partial charge is 0.248 e. The lowest BCUT2D eigenvalue weighted by atomic mass is 10.2. The third kappa shape index (κ3) is 6.62. The molecule has 0 saturated carbocycles. The predicted molar refractivity (Wildman–Crippen MR) is 123 cm³/mol. The van der Waals surface area contributed by atoms with Crippen LogP contribution in [0, 0.1) is 5.92 Å². The summed E-state index contributed by atoms with van der Waals surface area (Å²) >= 11 is 1.51. The van der Waals surface area contributed by atoms with Crippen LogP contribution in [0.2, 0.25) is 0 Å². The van der Waals surface area contributed by atoms with Crippen molar-refractivity contribution in [1.82, 2.24) is 14.8 Å². The number of carbonyl (C=O) groups excluding carboxylic acids is 1. The Labute approximate surface area is 186 Å². The van der Waals surface area contributed by atoms with Crippen LogP contribution in [-0.4, -0.2) is 34.4 Å². The highest BCUT2D eigenvalue weighted by Crippen LogP contribution is 2.29. The van der Waals surface area contributed by atoms with E-state index >= 15 is 0 Å². The molecule has 1 N–H and O–H groups in total. The molecule has 0 aliphatic carbocycles. The highest BCUT2D eigenvalue weighted by Gasteiger charge is 2.07. The van der Waals surface area contributed by atoms with E-state index in [1.54, 1.807) is 19.5 Å². The molecule has 0 aliphatic rings. The monoisotopic (exact) mass is 438 g/mol. The van der Waals surface area contributed by atoms with Crippen molar-refractivity contribution in [3.8, 4) is 11.5 Å². The fraction of sp³-hybridized carbons (Fsp3) is 0.261. The Bertz CT molecular complexity index is 1050. The first-order chi connectivity index (χ1) is 14.9. The van der Waals surface area contributed by atoms with Crippen molar-refractivity contribution < 1.29 is 14.3 Å². The molecular formula is C23H26N4O3S. The molecule has 0 fully saturated rings. The van der Waals surface area contributed by atoms with E-state index in [1.165, 1.54) is 17.8 Å². The number of methoxy groups -OCH3 is 1. The molecule has 0 atom stereocenters. The van der Waals surface area contributed by atoms with Crippen LogP contribution < -0.4 is 14.8 Å². The number of amides is 1. The van der Waals surface area contributed by atoms with Crippen LogP contribution in [-0.2, 0) is 11.8 Å². The van der Waals surface area contributed by atoms with Crippen molar-refractivity contribution in [2.45, 2.75) is 23.9 Å². The van der Waals surface area contributed by atoms with Gasteiger partial charge in [0.15, 0.2) is 16.7 Å². The number of ether oxygens (including phenoxy) is 2. The van der Waals surface area contributed by atoms with Crippen LogP contribution in [0.5, 0.6) is 11.5 Å². The fourth-order valence-electron chi connectivity index (χ4n) is 2.60. The molecule has 1 amide bonds. The Balaban J connectivity index is 1.58. The molecule has 0 bridgehead atoms. The summed E-state index contributed by atoms with van der Waals surface area (Å²) < 4.78 is 13.0. The van der Waals surface area contributed by atoms with Gasteiger partial charge in [0, 0.05) is 23.7 Å². The number of hydrogen-bond acceptors (Lipinski definition) is 6. The Hall–Kier alpha value is -3.26. The van der Waals surface area contributed by atoms with Crippen LogP contribution in [0.15, 0.2) is 64.9 Å². The summed E-state index contributed by atoms with van der Waals surface area (Å²) in [5, 5.41) is 11.6. The van der Waals surface area contributed by atoms with Gasteiger partial charge in [-0.3, -0.25) is 4.79 Å². The normalized spacial score (nSPS) is 11.1. The third-order valence-corrected chi connectivity index (χ3v) is 5.25. The molecule has 3 aromatic rings. The molecule has 8 heteroatoms. The Kier molecular flexibility index (Phi) is 7.72. The molecular weight excluding hydrogens is 412 g/mol. The van der Waals surface area contributed by atoms with Crippen molar-refractivity contribution in [3.05, 3.63) is 60.4 Å². The average molecular weight is 439 g/mol. The topological polar surface area (TPSA) is 78.3 Å². The van der Waals surface area contributed by atoms with E-state index in [2.05, 4.69) is 29.4 Å². The quantitative estimate of drug-likeness (QED) is 0.490. The number of nitrogens with one attached hydrogen (secondary N) is 1. The number of nitrogens with zero attached hydrogens (tertiary/aromatic N) is 3. The molecule has 2 aromatic carbocycles. The summed E-state index contributed by atoms with van der Waals surface area (Å²) in [5.41, 5.74) is 1.56. The minimum absolute atomic E-state index is 0.215. The highest BCUT2D eigenvalue weighted by molar-refractivity contribution is 7.99. The second-order valence-electron chi connectivity index (χ2n) is 7.29. The predicted octanol–water partition coefficient (Wildman–Crippen LogP) is 4.66. The standard InChI is InChI=1S/C23H26N4O3S/c1-16(2)14-30-20-11-5-17(13-21(20)29-4)6-12-22(28)25-18-7-9-19(10-8-18)31-23-26-24-15-27(23)3/h5-13,15-16H,14H2,1-4H3,(H,25,28)/b12-6+. The zero-order chi connectivity index (χ0) is 22.2. The fourth-order valence-corrected chi connectivity index (χ4v) is 3.36. The van der Waals surface area contributed by atoms with E-state index in [-0.39, 0.29) is 5.91 Å². The van der Waals surface area contributed by atoms with Crippen molar-refractivity contribution in [2.75, 3.05) is 19.0 Å². The summed E-state index contributed by atoms with van der Waals surface area (Å²) in [6.45, 7) is 4.79. The van der Waals surface area contributed by atoms with Gasteiger partial charge in [-0.25, -0.2) is 0 Å². The number of aromatic nitrogens is 3. The Morgan fingerprint density at radius 1 is 1.19 bits per heavy atom. The van der Waals surface area contributed by atoms with Gasteiger partial charge in [-0.15, -0.1) is 10.2 Å². The van der Waals surface area contributed by atoms with Crippen LogP contribution in [0.3, 0.4) is 0 Å². The lowest BCUT2D eigenvalue weighted by Crippen LogP contribution is -2.07. The first-order valence-corrected chi connectivity index (χ1v) is 10.7. The van der Waals surface area contributed by atoms with Crippen LogP contribution in [0.4, 0.5) is 5.69 Å². The first kappa shape index (κ1) is 22.4. The zero-order valence-electron chi connectivity index (χ0n) is 18.0.